The normalized spacial score (nSPS) is 11.7. The molecule has 93 heavy (non-hydrogen) atoms. The summed E-state index contributed by atoms with van der Waals surface area (Å²) in [6, 6.07) is 0. The van der Waals surface area contributed by atoms with Crippen LogP contribution in [0, 0.1) is 45.3 Å². The molecule has 0 aromatic heterocycles. The SMILES string of the molecule is CCCCC(CCCC)C(=O)C(CCCC)(CCCC)C(=O)[O-].CCCCC(CCCC)C(=O)C(CCCC)(CCCC)C(=O)[O-].CCCCC(CCCC)C(=O)C(CCCC)(CCCC)C(=O)[O-].CCCCC(CCCC)C(=O)C(CCCC)(CCCC)C(=O)[O-].[Zr+4]. The summed E-state index contributed by atoms with van der Waals surface area (Å²) in [5.41, 5.74) is -5.01. The van der Waals surface area contributed by atoms with E-state index in [1.807, 2.05) is 55.4 Å². The molecule has 0 saturated heterocycles. The maximum atomic E-state index is 13.2. The molecule has 0 fully saturated rings. The van der Waals surface area contributed by atoms with Crippen molar-refractivity contribution in [2.24, 2.45) is 45.3 Å². The minimum Gasteiger partial charge on any atom is -0.549 e. The third-order valence-corrected chi connectivity index (χ3v) is 19.8. The van der Waals surface area contributed by atoms with Crippen LogP contribution in [0.2, 0.25) is 0 Å². The number of carbonyl (C=O) groups excluding carboxylic acids is 8. The van der Waals surface area contributed by atoms with E-state index in [0.717, 1.165) is 257 Å². The minimum absolute atomic E-state index is 0. The Bertz CT molecular complexity index is 1550. The Morgan fingerprint density at radius 2 is 0.301 bits per heavy atom. The molecule has 0 saturated carbocycles. The molecule has 0 bridgehead atoms. The second-order valence-corrected chi connectivity index (χ2v) is 27.7. The maximum Gasteiger partial charge on any atom is 4.00 e. The molecule has 0 rings (SSSR count). The Morgan fingerprint density at radius 1 is 0.204 bits per heavy atom. The molecule has 13 heteroatoms. The number of carboxylic acids is 4. The van der Waals surface area contributed by atoms with Crippen LogP contribution in [0.1, 0.15) is 419 Å². The summed E-state index contributed by atoms with van der Waals surface area (Å²) in [6.45, 7) is 33.2. The number of unbranched alkanes of at least 4 members (excludes halogenated alkanes) is 16. The first-order chi connectivity index (χ1) is 44.0. The Balaban J connectivity index is -0.000000369. The van der Waals surface area contributed by atoms with Crippen LogP contribution in [0.4, 0.5) is 0 Å². The Kier molecular flexibility index (Phi) is 67.1. The van der Waals surface area contributed by atoms with Gasteiger partial charge in [0.25, 0.3) is 0 Å². The fourth-order valence-electron chi connectivity index (χ4n) is 13.3. The van der Waals surface area contributed by atoms with Gasteiger partial charge >= 0.3 is 26.2 Å². The number of ketones is 4. The zero-order valence-electron chi connectivity index (χ0n) is 63.6. The van der Waals surface area contributed by atoms with E-state index < -0.39 is 45.5 Å². The molecule has 0 atom stereocenters. The maximum absolute atomic E-state index is 13.2. The molecule has 0 heterocycles. The van der Waals surface area contributed by atoms with E-state index in [4.69, 9.17) is 0 Å². The zero-order valence-corrected chi connectivity index (χ0v) is 66.1. The van der Waals surface area contributed by atoms with Crippen molar-refractivity contribution in [3.63, 3.8) is 0 Å². The molecule has 0 aromatic rings. The van der Waals surface area contributed by atoms with Crippen molar-refractivity contribution in [3.8, 4) is 0 Å². The Labute approximate surface area is 592 Å². The van der Waals surface area contributed by atoms with Crippen molar-refractivity contribution >= 4 is 47.0 Å². The number of carbonyl (C=O) groups is 8. The van der Waals surface area contributed by atoms with Crippen molar-refractivity contribution in [1.82, 2.24) is 0 Å². The summed E-state index contributed by atoms with van der Waals surface area (Å²) in [5, 5.41) is 48.0. The Hall–Kier alpha value is -2.56. The molecule has 0 aromatic carbocycles. The number of hydrogen-bond donors (Lipinski definition) is 0. The fraction of sp³-hybridized carbons (Fsp3) is 0.900. The van der Waals surface area contributed by atoms with Gasteiger partial charge in [0, 0.05) is 23.7 Å². The van der Waals surface area contributed by atoms with Crippen LogP contribution in [-0.4, -0.2) is 47.0 Å². The number of carboxylic acid groups (broad SMARTS) is 4. The van der Waals surface area contributed by atoms with Gasteiger partial charge in [-0.05, 0) is 103 Å². The second kappa shape index (κ2) is 62.9. The first kappa shape index (κ1) is 99.1. The Morgan fingerprint density at radius 3 is 0.376 bits per heavy atom. The van der Waals surface area contributed by atoms with E-state index in [-0.39, 0.29) is 73.0 Å². The molecular formula is C80H148O12Zr. The van der Waals surface area contributed by atoms with Crippen molar-refractivity contribution in [2.75, 3.05) is 0 Å². The van der Waals surface area contributed by atoms with Crippen LogP contribution in [0.5, 0.6) is 0 Å². The molecule has 12 nitrogen and oxygen atoms in total. The standard InChI is InChI=1S/4C20H38O3.Zr/c4*1-5-9-13-17(14-10-6-2)18(21)20(19(22)23,15-11-7-3)16-12-8-4;/h4*17H,5-16H2,1-4H3,(H,22,23);/q;;;;+4/p-4. The van der Waals surface area contributed by atoms with Gasteiger partial charge in [0.2, 0.25) is 0 Å². The third kappa shape index (κ3) is 38.4. The second-order valence-electron chi connectivity index (χ2n) is 27.7. The van der Waals surface area contributed by atoms with Crippen LogP contribution in [0.15, 0.2) is 0 Å². The van der Waals surface area contributed by atoms with Gasteiger partial charge in [0.1, 0.15) is 23.1 Å². The van der Waals surface area contributed by atoms with Gasteiger partial charge in [0.15, 0.2) is 0 Å². The first-order valence-electron chi connectivity index (χ1n) is 39.0. The van der Waals surface area contributed by atoms with Crippen LogP contribution in [-0.2, 0) is 64.6 Å². The van der Waals surface area contributed by atoms with Crippen molar-refractivity contribution in [2.45, 2.75) is 419 Å². The molecule has 0 unspecified atom stereocenters. The van der Waals surface area contributed by atoms with Gasteiger partial charge in [0.05, 0.1) is 45.5 Å². The minimum atomic E-state index is -1.25. The molecular weight excluding hydrogens is 1240 g/mol. The monoisotopic (exact) mass is 1390 g/mol. The smallest absolute Gasteiger partial charge is 0.549 e. The molecule has 0 amide bonds. The molecule has 0 radical (unpaired) electrons. The largest absolute Gasteiger partial charge is 4.00 e. The van der Waals surface area contributed by atoms with Gasteiger partial charge < -0.3 is 39.6 Å². The van der Waals surface area contributed by atoms with Crippen LogP contribution in [0.3, 0.4) is 0 Å². The summed E-state index contributed by atoms with van der Waals surface area (Å²) in [4.78, 5) is 101. The van der Waals surface area contributed by atoms with E-state index in [1.54, 1.807) is 0 Å². The molecule has 0 aliphatic heterocycles. The predicted molar refractivity (Wildman–Crippen MR) is 376 cm³/mol. The molecule has 0 N–H and O–H groups in total. The van der Waals surface area contributed by atoms with Crippen molar-refractivity contribution < 1.29 is 85.0 Å². The topological polar surface area (TPSA) is 229 Å². The van der Waals surface area contributed by atoms with Crippen LogP contribution < -0.4 is 20.4 Å². The van der Waals surface area contributed by atoms with Gasteiger partial charge in [-0.15, -0.1) is 0 Å². The molecule has 0 spiro atoms. The number of Topliss-reactive ketones (excluding diaryl/α,β-unsaturated/α-hetero) is 4. The zero-order chi connectivity index (χ0) is 70.9. The summed E-state index contributed by atoms with van der Waals surface area (Å²) < 4.78 is 0. The average molecular weight is 1390 g/mol. The summed E-state index contributed by atoms with van der Waals surface area (Å²) in [5.74, 6) is -5.15. The van der Waals surface area contributed by atoms with Crippen molar-refractivity contribution in [3.05, 3.63) is 0 Å². The van der Waals surface area contributed by atoms with E-state index in [9.17, 15) is 58.8 Å². The summed E-state index contributed by atoms with van der Waals surface area (Å²) in [6.07, 6.45) is 39.8. The first-order valence-corrected chi connectivity index (χ1v) is 39.0. The van der Waals surface area contributed by atoms with Crippen molar-refractivity contribution in [1.29, 1.82) is 0 Å². The van der Waals surface area contributed by atoms with Crippen LogP contribution >= 0.6 is 0 Å². The van der Waals surface area contributed by atoms with E-state index in [1.165, 1.54) is 0 Å². The van der Waals surface area contributed by atoms with E-state index in [0.29, 0.717) is 51.4 Å². The number of aliphatic carboxylic acids is 4. The van der Waals surface area contributed by atoms with E-state index in [2.05, 4.69) is 55.4 Å². The molecule has 0 aliphatic rings. The van der Waals surface area contributed by atoms with E-state index >= 15 is 0 Å². The fourth-order valence-corrected chi connectivity index (χ4v) is 13.3. The van der Waals surface area contributed by atoms with Gasteiger partial charge in [-0.2, -0.15) is 0 Å². The predicted octanol–water partition coefficient (Wildman–Crippen LogP) is 18.7. The molecule has 544 valence electrons. The third-order valence-electron chi connectivity index (χ3n) is 19.8. The van der Waals surface area contributed by atoms with Crippen LogP contribution in [0.25, 0.3) is 0 Å². The average Bonchev–Trinajstić information content (AvgIpc) is 1.01. The number of hydrogen-bond acceptors (Lipinski definition) is 12. The van der Waals surface area contributed by atoms with Gasteiger partial charge in [-0.25, -0.2) is 0 Å². The van der Waals surface area contributed by atoms with Gasteiger partial charge in [-0.1, -0.05) is 316 Å². The summed E-state index contributed by atoms with van der Waals surface area (Å²) >= 11 is 0. The quantitative estimate of drug-likeness (QED) is 0.0518. The summed E-state index contributed by atoms with van der Waals surface area (Å²) in [7, 11) is 0. The molecule has 0 aliphatic carbocycles. The van der Waals surface area contributed by atoms with Gasteiger partial charge in [-0.3, -0.25) is 19.2 Å². The number of rotatable bonds is 60.